The quantitative estimate of drug-likeness (QED) is 0.716. The summed E-state index contributed by atoms with van der Waals surface area (Å²) >= 11 is 0. The van der Waals surface area contributed by atoms with Gasteiger partial charge in [0.15, 0.2) is 0 Å². The molecular formula is C16H29F3N2. The molecule has 0 unspecified atom stereocenters. The van der Waals surface area contributed by atoms with E-state index in [4.69, 9.17) is 0 Å². The Kier molecular flexibility index (Phi) is 5.95. The largest absolute Gasteiger partial charge is 0.401 e. The summed E-state index contributed by atoms with van der Waals surface area (Å²) in [4.78, 5) is 1.72. The number of halogens is 3. The van der Waals surface area contributed by atoms with Gasteiger partial charge in [0, 0.05) is 19.1 Å². The van der Waals surface area contributed by atoms with Crippen LogP contribution in [0.3, 0.4) is 0 Å². The maximum absolute atomic E-state index is 12.8. The number of hydrogen-bond donors (Lipinski definition) is 1. The molecule has 5 heteroatoms. The van der Waals surface area contributed by atoms with Gasteiger partial charge >= 0.3 is 6.18 Å². The Morgan fingerprint density at radius 2 is 1.71 bits per heavy atom. The van der Waals surface area contributed by atoms with Crippen LogP contribution in [0.1, 0.15) is 58.3 Å². The Balaban J connectivity index is 2.03. The van der Waals surface area contributed by atoms with Crippen molar-refractivity contribution in [2.24, 2.45) is 5.41 Å². The fourth-order valence-corrected chi connectivity index (χ4v) is 3.67. The molecule has 0 amide bonds. The van der Waals surface area contributed by atoms with Crippen molar-refractivity contribution in [3.8, 4) is 0 Å². The van der Waals surface area contributed by atoms with E-state index in [1.165, 1.54) is 12.8 Å². The summed E-state index contributed by atoms with van der Waals surface area (Å²) in [6, 6.07) is 0.174. The second-order valence-corrected chi connectivity index (χ2v) is 6.95. The molecule has 21 heavy (non-hydrogen) atoms. The van der Waals surface area contributed by atoms with Crippen LogP contribution < -0.4 is 5.32 Å². The van der Waals surface area contributed by atoms with Crippen LogP contribution in [0, 0.1) is 5.41 Å². The topological polar surface area (TPSA) is 15.3 Å². The van der Waals surface area contributed by atoms with E-state index < -0.39 is 12.7 Å². The molecule has 1 N–H and O–H groups in total. The fraction of sp³-hybridized carbons (Fsp3) is 1.00. The van der Waals surface area contributed by atoms with Gasteiger partial charge < -0.3 is 5.32 Å². The maximum Gasteiger partial charge on any atom is 0.401 e. The molecule has 0 aliphatic heterocycles. The van der Waals surface area contributed by atoms with Crippen LogP contribution in [0.15, 0.2) is 0 Å². The van der Waals surface area contributed by atoms with Crippen molar-refractivity contribution in [3.05, 3.63) is 0 Å². The van der Waals surface area contributed by atoms with Gasteiger partial charge in [-0.25, -0.2) is 0 Å². The summed E-state index contributed by atoms with van der Waals surface area (Å²) in [5.74, 6) is 0. The highest BCUT2D eigenvalue weighted by molar-refractivity contribution is 4.93. The van der Waals surface area contributed by atoms with Crippen molar-refractivity contribution in [2.45, 2.75) is 70.5 Å². The van der Waals surface area contributed by atoms with E-state index in [0.717, 1.165) is 51.6 Å². The van der Waals surface area contributed by atoms with E-state index in [1.807, 2.05) is 0 Å². The molecule has 2 nitrogen and oxygen atoms in total. The second-order valence-electron chi connectivity index (χ2n) is 6.95. The molecule has 0 bridgehead atoms. The van der Waals surface area contributed by atoms with Crippen LogP contribution in [0.5, 0.6) is 0 Å². The summed E-state index contributed by atoms with van der Waals surface area (Å²) in [7, 11) is 0. The number of hydrogen-bond acceptors (Lipinski definition) is 2. The standard InChI is InChI=1S/C16H29F3N2/c1-2-20-11-15(9-5-3-4-6-10-15)12-21(14-7-8-14)13-16(17,18)19/h14,20H,2-13H2,1H3. The molecule has 0 aromatic rings. The minimum Gasteiger partial charge on any atom is -0.316 e. The number of alkyl halides is 3. The minimum atomic E-state index is -4.08. The molecule has 0 spiro atoms. The molecule has 0 heterocycles. The first-order valence-electron chi connectivity index (χ1n) is 8.46. The van der Waals surface area contributed by atoms with Gasteiger partial charge in [0.05, 0.1) is 6.54 Å². The van der Waals surface area contributed by atoms with Gasteiger partial charge in [0.25, 0.3) is 0 Å². The third kappa shape index (κ3) is 5.78. The van der Waals surface area contributed by atoms with Crippen LogP contribution >= 0.6 is 0 Å². The monoisotopic (exact) mass is 306 g/mol. The van der Waals surface area contributed by atoms with E-state index in [0.29, 0.717) is 6.54 Å². The third-order valence-corrected chi connectivity index (χ3v) is 4.90. The first kappa shape index (κ1) is 17.1. The van der Waals surface area contributed by atoms with E-state index in [2.05, 4.69) is 12.2 Å². The van der Waals surface area contributed by atoms with Gasteiger partial charge in [-0.3, -0.25) is 4.90 Å². The first-order valence-corrected chi connectivity index (χ1v) is 8.46. The van der Waals surface area contributed by atoms with Crippen molar-refractivity contribution in [2.75, 3.05) is 26.2 Å². The number of rotatable bonds is 7. The average molecular weight is 306 g/mol. The summed E-state index contributed by atoms with van der Waals surface area (Å²) in [6.45, 7) is 3.71. The fourth-order valence-electron chi connectivity index (χ4n) is 3.67. The smallest absolute Gasteiger partial charge is 0.316 e. The Labute approximate surface area is 126 Å². The van der Waals surface area contributed by atoms with E-state index in [-0.39, 0.29) is 11.5 Å². The summed E-state index contributed by atoms with van der Waals surface area (Å²) < 4.78 is 38.5. The summed E-state index contributed by atoms with van der Waals surface area (Å²) in [5, 5.41) is 3.41. The molecule has 0 aromatic carbocycles. The summed E-state index contributed by atoms with van der Waals surface area (Å²) in [5.41, 5.74) is 0.0420. The second kappa shape index (κ2) is 7.32. The normalized spacial score (nSPS) is 23.3. The Bertz CT molecular complexity index is 305. The highest BCUT2D eigenvalue weighted by atomic mass is 19.4. The highest BCUT2D eigenvalue weighted by Crippen LogP contribution is 2.39. The Morgan fingerprint density at radius 1 is 1.10 bits per heavy atom. The van der Waals surface area contributed by atoms with Gasteiger partial charge in [-0.05, 0) is 37.6 Å². The lowest BCUT2D eigenvalue weighted by molar-refractivity contribution is -0.150. The summed E-state index contributed by atoms with van der Waals surface area (Å²) in [6.07, 6.45) is 4.73. The van der Waals surface area contributed by atoms with Crippen LogP contribution in [-0.4, -0.2) is 43.3 Å². The third-order valence-electron chi connectivity index (χ3n) is 4.90. The molecule has 0 radical (unpaired) electrons. The Hall–Kier alpha value is -0.290. The zero-order valence-corrected chi connectivity index (χ0v) is 13.1. The van der Waals surface area contributed by atoms with E-state index >= 15 is 0 Å². The van der Waals surface area contributed by atoms with Gasteiger partial charge in [-0.2, -0.15) is 13.2 Å². The molecule has 0 saturated heterocycles. The molecule has 2 saturated carbocycles. The van der Waals surface area contributed by atoms with E-state index in [9.17, 15) is 13.2 Å². The van der Waals surface area contributed by atoms with Crippen molar-refractivity contribution in [1.29, 1.82) is 0 Å². The van der Waals surface area contributed by atoms with Gasteiger partial charge in [-0.15, -0.1) is 0 Å². The molecule has 2 fully saturated rings. The molecule has 2 aliphatic rings. The zero-order valence-electron chi connectivity index (χ0n) is 13.1. The van der Waals surface area contributed by atoms with Crippen LogP contribution in [0.4, 0.5) is 13.2 Å². The van der Waals surface area contributed by atoms with Crippen molar-refractivity contribution in [1.82, 2.24) is 10.2 Å². The van der Waals surface area contributed by atoms with Gasteiger partial charge in [0.2, 0.25) is 0 Å². The number of nitrogens with one attached hydrogen (secondary N) is 1. The van der Waals surface area contributed by atoms with Crippen LogP contribution in [0.25, 0.3) is 0 Å². The zero-order chi connectivity index (χ0) is 15.3. The maximum atomic E-state index is 12.8. The lowest BCUT2D eigenvalue weighted by Gasteiger charge is -2.39. The van der Waals surface area contributed by atoms with Crippen molar-refractivity contribution >= 4 is 0 Å². The van der Waals surface area contributed by atoms with Crippen molar-refractivity contribution < 1.29 is 13.2 Å². The molecule has 2 aliphatic carbocycles. The van der Waals surface area contributed by atoms with Gasteiger partial charge in [0.1, 0.15) is 0 Å². The lowest BCUT2D eigenvalue weighted by atomic mass is 9.79. The van der Waals surface area contributed by atoms with E-state index in [1.54, 1.807) is 4.90 Å². The highest BCUT2D eigenvalue weighted by Gasteiger charge is 2.42. The number of nitrogens with zero attached hydrogens (tertiary/aromatic N) is 1. The Morgan fingerprint density at radius 3 is 2.19 bits per heavy atom. The van der Waals surface area contributed by atoms with Crippen molar-refractivity contribution in [3.63, 3.8) is 0 Å². The predicted molar refractivity (Wildman–Crippen MR) is 79.3 cm³/mol. The molecule has 124 valence electrons. The van der Waals surface area contributed by atoms with Crippen LogP contribution in [-0.2, 0) is 0 Å². The molecule has 2 rings (SSSR count). The molecule has 0 atom stereocenters. The van der Waals surface area contributed by atoms with Crippen LogP contribution in [0.2, 0.25) is 0 Å². The SMILES string of the molecule is CCNCC1(CN(CC(F)(F)F)C2CC2)CCCCCC1. The first-order chi connectivity index (χ1) is 9.94. The lowest BCUT2D eigenvalue weighted by Crippen LogP contribution is -2.47. The average Bonchev–Trinajstić information content (AvgIpc) is 3.22. The predicted octanol–water partition coefficient (Wildman–Crippen LogP) is 3.96. The van der Waals surface area contributed by atoms with Gasteiger partial charge in [-0.1, -0.05) is 32.6 Å². The molecular weight excluding hydrogens is 277 g/mol. The minimum absolute atomic E-state index is 0.0420. The molecule has 0 aromatic heterocycles.